The molecule has 3 heteroatoms. The first-order chi connectivity index (χ1) is 8.84. The van der Waals surface area contributed by atoms with Crippen LogP contribution in [0, 0.1) is 0 Å². The molecule has 1 aromatic carbocycles. The lowest BCUT2D eigenvalue weighted by atomic mass is 10.1. The van der Waals surface area contributed by atoms with E-state index < -0.39 is 0 Å². The van der Waals surface area contributed by atoms with Gasteiger partial charge >= 0.3 is 0 Å². The zero-order chi connectivity index (χ0) is 12.4. The lowest BCUT2D eigenvalue weighted by molar-refractivity contribution is 0.0761. The summed E-state index contributed by atoms with van der Waals surface area (Å²) in [7, 11) is 0. The first-order valence-corrected chi connectivity index (χ1v) is 7.01. The molecular formula is C15H20N2O. The normalized spacial score (nSPS) is 19.0. The number of hydrogen-bond donors (Lipinski definition) is 1. The van der Waals surface area contributed by atoms with Gasteiger partial charge in [-0.15, -0.1) is 0 Å². The second-order valence-corrected chi connectivity index (χ2v) is 5.26. The van der Waals surface area contributed by atoms with Crippen LogP contribution in [0.3, 0.4) is 0 Å². The summed E-state index contributed by atoms with van der Waals surface area (Å²) in [5.41, 5.74) is 3.32. The van der Waals surface area contributed by atoms with Crippen molar-refractivity contribution in [2.45, 2.75) is 32.1 Å². The van der Waals surface area contributed by atoms with Crippen molar-refractivity contribution in [2.75, 3.05) is 25.0 Å². The maximum absolute atomic E-state index is 12.5. The molecule has 0 radical (unpaired) electrons. The first-order valence-electron chi connectivity index (χ1n) is 7.01. The van der Waals surface area contributed by atoms with Crippen LogP contribution in [0.15, 0.2) is 18.2 Å². The van der Waals surface area contributed by atoms with Crippen LogP contribution in [0.1, 0.15) is 41.6 Å². The van der Waals surface area contributed by atoms with Crippen molar-refractivity contribution in [1.29, 1.82) is 0 Å². The molecule has 96 valence electrons. The molecule has 18 heavy (non-hydrogen) atoms. The number of rotatable bonds is 1. The molecule has 2 aliphatic rings. The maximum atomic E-state index is 12.5. The summed E-state index contributed by atoms with van der Waals surface area (Å²) in [4.78, 5) is 14.5. The molecule has 1 saturated heterocycles. The van der Waals surface area contributed by atoms with Crippen molar-refractivity contribution in [1.82, 2.24) is 4.90 Å². The molecule has 0 aromatic heterocycles. The second kappa shape index (κ2) is 5.01. The number of amides is 1. The fourth-order valence-corrected chi connectivity index (χ4v) is 2.88. The number of nitrogens with zero attached hydrogens (tertiary/aromatic N) is 1. The van der Waals surface area contributed by atoms with Gasteiger partial charge in [0.15, 0.2) is 0 Å². The summed E-state index contributed by atoms with van der Waals surface area (Å²) in [5, 5.41) is 3.34. The van der Waals surface area contributed by atoms with Gasteiger partial charge in [0.1, 0.15) is 0 Å². The Bertz CT molecular complexity index is 448. The second-order valence-electron chi connectivity index (χ2n) is 5.26. The number of carbonyl (C=O) groups is 1. The minimum absolute atomic E-state index is 0.202. The van der Waals surface area contributed by atoms with E-state index in [9.17, 15) is 4.79 Å². The molecule has 1 amide bonds. The summed E-state index contributed by atoms with van der Waals surface area (Å²) in [6.07, 6.45) is 5.89. The topological polar surface area (TPSA) is 32.3 Å². The Morgan fingerprint density at radius 1 is 1.11 bits per heavy atom. The Morgan fingerprint density at radius 3 is 2.67 bits per heavy atom. The van der Waals surface area contributed by atoms with Gasteiger partial charge in [0.25, 0.3) is 5.91 Å². The number of benzene rings is 1. The highest BCUT2D eigenvalue weighted by atomic mass is 16.2. The minimum atomic E-state index is 0.202. The molecule has 0 spiro atoms. The lowest BCUT2D eigenvalue weighted by Gasteiger charge is -2.20. The lowest BCUT2D eigenvalue weighted by Crippen LogP contribution is -2.31. The van der Waals surface area contributed by atoms with Crippen molar-refractivity contribution < 1.29 is 4.79 Å². The van der Waals surface area contributed by atoms with Gasteiger partial charge in [-0.05, 0) is 37.0 Å². The van der Waals surface area contributed by atoms with E-state index >= 15 is 0 Å². The third-order valence-electron chi connectivity index (χ3n) is 3.96. The van der Waals surface area contributed by atoms with Crippen LogP contribution < -0.4 is 5.32 Å². The van der Waals surface area contributed by atoms with Crippen LogP contribution in [-0.4, -0.2) is 30.4 Å². The fourth-order valence-electron chi connectivity index (χ4n) is 2.88. The van der Waals surface area contributed by atoms with E-state index in [1.807, 2.05) is 17.0 Å². The minimum Gasteiger partial charge on any atom is -0.384 e. The predicted molar refractivity (Wildman–Crippen MR) is 73.0 cm³/mol. The van der Waals surface area contributed by atoms with Gasteiger partial charge in [0.2, 0.25) is 0 Å². The number of nitrogens with one attached hydrogen (secondary N) is 1. The molecule has 1 N–H and O–H groups in total. The third-order valence-corrected chi connectivity index (χ3v) is 3.96. The highest BCUT2D eigenvalue weighted by molar-refractivity contribution is 5.95. The number of hydrogen-bond acceptors (Lipinski definition) is 2. The van der Waals surface area contributed by atoms with Gasteiger partial charge in [-0.1, -0.05) is 18.9 Å². The monoisotopic (exact) mass is 244 g/mol. The fraction of sp³-hybridized carbons (Fsp3) is 0.533. The maximum Gasteiger partial charge on any atom is 0.253 e. The van der Waals surface area contributed by atoms with Gasteiger partial charge in [-0.25, -0.2) is 0 Å². The van der Waals surface area contributed by atoms with Crippen molar-refractivity contribution >= 4 is 11.6 Å². The van der Waals surface area contributed by atoms with Crippen LogP contribution in [0.25, 0.3) is 0 Å². The quantitative estimate of drug-likeness (QED) is 0.823. The standard InChI is InChI=1S/C15H20N2O/c18-15(17-9-3-1-2-4-10-17)13-6-5-12-7-8-16-14(12)11-13/h5-6,11,16H,1-4,7-10H2. The molecule has 1 aromatic rings. The largest absolute Gasteiger partial charge is 0.384 e. The molecule has 2 heterocycles. The molecule has 0 unspecified atom stereocenters. The van der Waals surface area contributed by atoms with E-state index in [0.717, 1.165) is 50.1 Å². The van der Waals surface area contributed by atoms with E-state index in [1.165, 1.54) is 18.4 Å². The van der Waals surface area contributed by atoms with Crippen LogP contribution in [0.5, 0.6) is 0 Å². The molecule has 0 bridgehead atoms. The summed E-state index contributed by atoms with van der Waals surface area (Å²) < 4.78 is 0. The molecule has 0 atom stereocenters. The number of likely N-dealkylation sites (tertiary alicyclic amines) is 1. The Hall–Kier alpha value is -1.51. The van der Waals surface area contributed by atoms with Crippen LogP contribution in [0.4, 0.5) is 5.69 Å². The van der Waals surface area contributed by atoms with Crippen LogP contribution in [-0.2, 0) is 6.42 Å². The molecule has 3 rings (SSSR count). The van der Waals surface area contributed by atoms with Gasteiger partial charge in [0, 0.05) is 30.9 Å². The Kier molecular flexibility index (Phi) is 3.22. The highest BCUT2D eigenvalue weighted by Gasteiger charge is 2.19. The molecule has 1 fully saturated rings. The summed E-state index contributed by atoms with van der Waals surface area (Å²) in [6, 6.07) is 6.11. The molecule has 0 aliphatic carbocycles. The van der Waals surface area contributed by atoms with Crippen LogP contribution in [0.2, 0.25) is 0 Å². The van der Waals surface area contributed by atoms with Crippen LogP contribution >= 0.6 is 0 Å². The van der Waals surface area contributed by atoms with Crippen molar-refractivity contribution in [3.8, 4) is 0 Å². The molecular weight excluding hydrogens is 224 g/mol. The molecule has 2 aliphatic heterocycles. The average molecular weight is 244 g/mol. The van der Waals surface area contributed by atoms with Crippen molar-refractivity contribution in [2.24, 2.45) is 0 Å². The van der Waals surface area contributed by atoms with Crippen molar-refractivity contribution in [3.05, 3.63) is 29.3 Å². The number of carbonyl (C=O) groups excluding carboxylic acids is 1. The van der Waals surface area contributed by atoms with E-state index in [1.54, 1.807) is 0 Å². The predicted octanol–water partition coefficient (Wildman–Crippen LogP) is 2.67. The van der Waals surface area contributed by atoms with Gasteiger partial charge in [-0.2, -0.15) is 0 Å². The molecule has 3 nitrogen and oxygen atoms in total. The Balaban J connectivity index is 1.79. The summed E-state index contributed by atoms with van der Waals surface area (Å²) in [5.74, 6) is 0.202. The van der Waals surface area contributed by atoms with E-state index in [4.69, 9.17) is 0 Å². The smallest absolute Gasteiger partial charge is 0.253 e. The third kappa shape index (κ3) is 2.22. The SMILES string of the molecule is O=C(c1ccc2c(c1)NCC2)N1CCCCCC1. The Morgan fingerprint density at radius 2 is 1.89 bits per heavy atom. The number of fused-ring (bicyclic) bond motifs is 1. The van der Waals surface area contributed by atoms with Gasteiger partial charge < -0.3 is 10.2 Å². The van der Waals surface area contributed by atoms with E-state index in [0.29, 0.717) is 0 Å². The Labute approximate surface area is 108 Å². The van der Waals surface area contributed by atoms with Gasteiger partial charge in [-0.3, -0.25) is 4.79 Å². The average Bonchev–Trinajstić information content (AvgIpc) is 2.69. The number of anilines is 1. The van der Waals surface area contributed by atoms with Gasteiger partial charge in [0.05, 0.1) is 0 Å². The zero-order valence-corrected chi connectivity index (χ0v) is 10.7. The zero-order valence-electron chi connectivity index (χ0n) is 10.7. The van der Waals surface area contributed by atoms with E-state index in [2.05, 4.69) is 11.4 Å². The summed E-state index contributed by atoms with van der Waals surface area (Å²) in [6.45, 7) is 2.84. The first kappa shape index (κ1) is 11.6. The molecule has 0 saturated carbocycles. The highest BCUT2D eigenvalue weighted by Crippen LogP contribution is 2.24. The van der Waals surface area contributed by atoms with Crippen molar-refractivity contribution in [3.63, 3.8) is 0 Å². The van der Waals surface area contributed by atoms with E-state index in [-0.39, 0.29) is 5.91 Å². The summed E-state index contributed by atoms with van der Waals surface area (Å²) >= 11 is 0.